The second-order valence-corrected chi connectivity index (χ2v) is 5.39. The molecule has 0 saturated carbocycles. The van der Waals surface area contributed by atoms with Gasteiger partial charge in [-0.3, -0.25) is 4.79 Å². The molecule has 6 heteroatoms. The van der Waals surface area contributed by atoms with Crippen LogP contribution in [-0.4, -0.2) is 19.0 Å². The number of hydrogen-bond acceptors (Lipinski definition) is 3. The summed E-state index contributed by atoms with van der Waals surface area (Å²) >= 11 is 2.14. The number of anilines is 1. The SMILES string of the molecule is COC(=O)c1cc(NC(=O)c2ccc(I)cc2)ccc1F. The number of halogens is 2. The summed E-state index contributed by atoms with van der Waals surface area (Å²) in [5.74, 6) is -1.83. The van der Waals surface area contributed by atoms with Crippen molar-refractivity contribution in [3.05, 3.63) is 63.0 Å². The Labute approximate surface area is 134 Å². The van der Waals surface area contributed by atoms with Crippen molar-refractivity contribution in [3.63, 3.8) is 0 Å². The predicted molar refractivity (Wildman–Crippen MR) is 84.9 cm³/mol. The predicted octanol–water partition coefficient (Wildman–Crippen LogP) is 3.47. The molecule has 0 aliphatic carbocycles. The van der Waals surface area contributed by atoms with Gasteiger partial charge in [0.15, 0.2) is 0 Å². The number of ether oxygens (including phenoxy) is 1. The highest BCUT2D eigenvalue weighted by molar-refractivity contribution is 14.1. The molecule has 0 spiro atoms. The molecule has 2 aromatic rings. The molecular weight excluding hydrogens is 388 g/mol. The standard InChI is InChI=1S/C15H11FINO3/c1-21-15(20)12-8-11(6-7-13(12)16)18-14(19)9-2-4-10(17)5-3-9/h2-8H,1H3,(H,18,19). The molecule has 0 saturated heterocycles. The second kappa shape index (κ2) is 6.66. The maximum Gasteiger partial charge on any atom is 0.340 e. The van der Waals surface area contributed by atoms with Crippen LogP contribution in [-0.2, 0) is 4.74 Å². The minimum atomic E-state index is -0.794. The smallest absolute Gasteiger partial charge is 0.340 e. The van der Waals surface area contributed by atoms with Crippen LogP contribution in [0.5, 0.6) is 0 Å². The van der Waals surface area contributed by atoms with Gasteiger partial charge in [-0.25, -0.2) is 9.18 Å². The van der Waals surface area contributed by atoms with E-state index in [4.69, 9.17) is 0 Å². The van der Waals surface area contributed by atoms with E-state index in [1.807, 2.05) is 0 Å². The number of rotatable bonds is 3. The average molecular weight is 399 g/mol. The third kappa shape index (κ3) is 3.78. The Morgan fingerprint density at radius 3 is 2.43 bits per heavy atom. The van der Waals surface area contributed by atoms with Crippen LogP contribution in [0.2, 0.25) is 0 Å². The summed E-state index contributed by atoms with van der Waals surface area (Å²) in [5.41, 5.74) is 0.567. The Kier molecular flexibility index (Phi) is 4.89. The van der Waals surface area contributed by atoms with Crippen LogP contribution in [0.25, 0.3) is 0 Å². The average Bonchev–Trinajstić information content (AvgIpc) is 2.49. The molecule has 0 aromatic heterocycles. The van der Waals surface area contributed by atoms with E-state index in [9.17, 15) is 14.0 Å². The molecule has 0 heterocycles. The van der Waals surface area contributed by atoms with Crippen molar-refractivity contribution >= 4 is 40.2 Å². The first-order valence-corrected chi connectivity index (χ1v) is 7.04. The third-order valence-corrected chi connectivity index (χ3v) is 3.46. The molecule has 0 atom stereocenters. The first-order chi connectivity index (χ1) is 10.0. The fraction of sp³-hybridized carbons (Fsp3) is 0.0667. The van der Waals surface area contributed by atoms with E-state index >= 15 is 0 Å². The van der Waals surface area contributed by atoms with Crippen LogP contribution < -0.4 is 5.32 Å². The van der Waals surface area contributed by atoms with Crippen molar-refractivity contribution in [1.82, 2.24) is 0 Å². The Hall–Kier alpha value is -1.96. The number of hydrogen-bond donors (Lipinski definition) is 1. The topological polar surface area (TPSA) is 55.4 Å². The number of benzene rings is 2. The van der Waals surface area contributed by atoms with Crippen molar-refractivity contribution in [2.75, 3.05) is 12.4 Å². The van der Waals surface area contributed by atoms with Crippen molar-refractivity contribution in [3.8, 4) is 0 Å². The van der Waals surface area contributed by atoms with Gasteiger partial charge in [0.2, 0.25) is 0 Å². The van der Waals surface area contributed by atoms with Gasteiger partial charge in [0, 0.05) is 14.8 Å². The summed E-state index contributed by atoms with van der Waals surface area (Å²) in [6.45, 7) is 0. The van der Waals surface area contributed by atoms with Crippen molar-refractivity contribution in [1.29, 1.82) is 0 Å². The summed E-state index contributed by atoms with van der Waals surface area (Å²) in [4.78, 5) is 23.4. The number of methoxy groups -OCH3 is 1. The highest BCUT2D eigenvalue weighted by Gasteiger charge is 2.14. The van der Waals surface area contributed by atoms with E-state index in [2.05, 4.69) is 32.6 Å². The molecule has 0 aliphatic rings. The zero-order valence-corrected chi connectivity index (χ0v) is 13.2. The van der Waals surface area contributed by atoms with Crippen LogP contribution in [0, 0.1) is 9.39 Å². The molecule has 2 rings (SSSR count). The van der Waals surface area contributed by atoms with Gasteiger partial charge >= 0.3 is 5.97 Å². The van der Waals surface area contributed by atoms with Crippen LogP contribution in [0.15, 0.2) is 42.5 Å². The van der Waals surface area contributed by atoms with Gasteiger partial charge in [0.05, 0.1) is 12.7 Å². The Morgan fingerprint density at radius 2 is 1.81 bits per heavy atom. The summed E-state index contributed by atoms with van der Waals surface area (Å²) in [7, 11) is 1.17. The molecule has 0 fully saturated rings. The molecule has 0 radical (unpaired) electrons. The lowest BCUT2D eigenvalue weighted by Crippen LogP contribution is -2.13. The molecule has 1 amide bonds. The van der Waals surface area contributed by atoms with E-state index in [-0.39, 0.29) is 11.5 Å². The van der Waals surface area contributed by atoms with Gasteiger partial charge in [-0.2, -0.15) is 0 Å². The van der Waals surface area contributed by atoms with Crippen LogP contribution in [0.4, 0.5) is 10.1 Å². The molecule has 2 aromatic carbocycles. The maximum absolute atomic E-state index is 13.5. The van der Waals surface area contributed by atoms with Crippen molar-refractivity contribution in [2.24, 2.45) is 0 Å². The lowest BCUT2D eigenvalue weighted by atomic mass is 10.1. The number of carbonyl (C=O) groups excluding carboxylic acids is 2. The zero-order chi connectivity index (χ0) is 15.4. The van der Waals surface area contributed by atoms with Crippen LogP contribution >= 0.6 is 22.6 Å². The Morgan fingerprint density at radius 1 is 1.14 bits per heavy atom. The lowest BCUT2D eigenvalue weighted by Gasteiger charge is -2.08. The number of esters is 1. The van der Waals surface area contributed by atoms with E-state index in [0.717, 1.165) is 9.64 Å². The quantitative estimate of drug-likeness (QED) is 0.636. The first kappa shape index (κ1) is 15.4. The molecule has 4 nitrogen and oxygen atoms in total. The van der Waals surface area contributed by atoms with Gasteiger partial charge in [0.25, 0.3) is 5.91 Å². The highest BCUT2D eigenvalue weighted by atomic mass is 127. The van der Waals surface area contributed by atoms with Crippen LogP contribution in [0.1, 0.15) is 20.7 Å². The van der Waals surface area contributed by atoms with Gasteiger partial charge < -0.3 is 10.1 Å². The van der Waals surface area contributed by atoms with Gasteiger partial charge in [-0.1, -0.05) is 0 Å². The Balaban J connectivity index is 2.21. The molecule has 21 heavy (non-hydrogen) atoms. The fourth-order valence-corrected chi connectivity index (χ4v) is 2.03. The second-order valence-electron chi connectivity index (χ2n) is 4.15. The molecule has 0 unspecified atom stereocenters. The molecule has 108 valence electrons. The summed E-state index contributed by atoms with van der Waals surface area (Å²) in [5, 5.41) is 2.61. The van der Waals surface area contributed by atoms with Gasteiger partial charge in [-0.15, -0.1) is 0 Å². The summed E-state index contributed by atoms with van der Waals surface area (Å²) < 4.78 is 19.0. The first-order valence-electron chi connectivity index (χ1n) is 5.96. The van der Waals surface area contributed by atoms with Gasteiger partial charge in [-0.05, 0) is 65.1 Å². The van der Waals surface area contributed by atoms with E-state index < -0.39 is 11.8 Å². The number of amides is 1. The molecular formula is C15H11FINO3. The fourth-order valence-electron chi connectivity index (χ4n) is 1.67. The van der Waals surface area contributed by atoms with Crippen molar-refractivity contribution in [2.45, 2.75) is 0 Å². The molecule has 0 aliphatic heterocycles. The third-order valence-electron chi connectivity index (χ3n) is 2.74. The molecule has 1 N–H and O–H groups in total. The summed E-state index contributed by atoms with van der Waals surface area (Å²) in [6, 6.07) is 10.7. The van der Waals surface area contributed by atoms with Crippen molar-refractivity contribution < 1.29 is 18.7 Å². The minimum absolute atomic E-state index is 0.224. The zero-order valence-electron chi connectivity index (χ0n) is 11.0. The monoisotopic (exact) mass is 399 g/mol. The largest absolute Gasteiger partial charge is 0.465 e. The highest BCUT2D eigenvalue weighted by Crippen LogP contribution is 2.17. The lowest BCUT2D eigenvalue weighted by molar-refractivity contribution is 0.0595. The summed E-state index contributed by atoms with van der Waals surface area (Å²) in [6.07, 6.45) is 0. The van der Waals surface area contributed by atoms with E-state index in [0.29, 0.717) is 11.3 Å². The normalized spacial score (nSPS) is 10.0. The van der Waals surface area contributed by atoms with Gasteiger partial charge in [0.1, 0.15) is 5.82 Å². The van der Waals surface area contributed by atoms with E-state index in [1.165, 1.54) is 19.2 Å². The number of nitrogens with one attached hydrogen (secondary N) is 1. The molecule has 0 bridgehead atoms. The Bertz CT molecular complexity index is 686. The number of carbonyl (C=O) groups is 2. The maximum atomic E-state index is 13.5. The van der Waals surface area contributed by atoms with Crippen LogP contribution in [0.3, 0.4) is 0 Å². The minimum Gasteiger partial charge on any atom is -0.465 e. The van der Waals surface area contributed by atoms with E-state index in [1.54, 1.807) is 24.3 Å².